The third-order valence-corrected chi connectivity index (χ3v) is 7.50. The van der Waals surface area contributed by atoms with Crippen LogP contribution in [0.5, 0.6) is 0 Å². The van der Waals surface area contributed by atoms with Crippen molar-refractivity contribution in [3.8, 4) is 0 Å². The maximum Gasteiger partial charge on any atom is 0.220 e. The Hall–Kier alpha value is -0.690. The minimum absolute atomic E-state index is 0.0533. The molecule has 1 fully saturated rings. The number of aliphatic hydroxyl groups is 1. The van der Waals surface area contributed by atoms with Crippen LogP contribution in [0.15, 0.2) is 0 Å². The van der Waals surface area contributed by atoms with Gasteiger partial charge in [-0.2, -0.15) is 0 Å². The zero-order valence-electron chi connectivity index (χ0n) is 20.6. The molecular formula is C25H52N4O2. The molecule has 0 aliphatic heterocycles. The van der Waals surface area contributed by atoms with E-state index < -0.39 is 6.10 Å². The van der Waals surface area contributed by atoms with Crippen LogP contribution in [0.1, 0.15) is 111 Å². The van der Waals surface area contributed by atoms with E-state index in [-0.39, 0.29) is 23.5 Å². The molecule has 6 nitrogen and oxygen atoms in total. The number of carbonyl (C=O) groups is 1. The average molecular weight is 441 g/mol. The van der Waals surface area contributed by atoms with E-state index in [1.165, 1.54) is 12.8 Å². The molecule has 6 heteroatoms. The number of nitrogens with one attached hydrogen (secondary N) is 1. The molecular weight excluding hydrogens is 388 g/mol. The number of carbonyl (C=O) groups excluding carboxylic acids is 1. The molecule has 0 aromatic carbocycles. The summed E-state index contributed by atoms with van der Waals surface area (Å²) < 4.78 is 0. The summed E-state index contributed by atoms with van der Waals surface area (Å²) in [6.07, 6.45) is 12.8. The lowest BCUT2D eigenvalue weighted by molar-refractivity contribution is -0.123. The van der Waals surface area contributed by atoms with Gasteiger partial charge in [-0.3, -0.25) is 4.79 Å². The first kappa shape index (κ1) is 28.3. The van der Waals surface area contributed by atoms with Gasteiger partial charge in [-0.1, -0.05) is 33.1 Å². The highest BCUT2D eigenvalue weighted by atomic mass is 16.3. The van der Waals surface area contributed by atoms with Crippen molar-refractivity contribution in [1.82, 2.24) is 5.32 Å². The largest absolute Gasteiger partial charge is 0.393 e. The van der Waals surface area contributed by atoms with Gasteiger partial charge in [0.1, 0.15) is 0 Å². The molecule has 1 rings (SSSR count). The van der Waals surface area contributed by atoms with E-state index in [0.717, 1.165) is 70.8 Å². The van der Waals surface area contributed by atoms with Gasteiger partial charge < -0.3 is 27.6 Å². The monoisotopic (exact) mass is 440 g/mol. The summed E-state index contributed by atoms with van der Waals surface area (Å²) in [6, 6.07) is 0.447. The van der Waals surface area contributed by atoms with Gasteiger partial charge in [-0.05, 0) is 89.5 Å². The maximum absolute atomic E-state index is 12.5. The molecule has 0 saturated heterocycles. The average Bonchev–Trinajstić information content (AvgIpc) is 2.72. The number of amides is 1. The van der Waals surface area contributed by atoms with Crippen molar-refractivity contribution in [1.29, 1.82) is 0 Å². The molecule has 1 amide bonds. The number of rotatable bonds is 16. The normalized spacial score (nSPS) is 25.6. The first-order chi connectivity index (χ1) is 14.7. The molecule has 0 heterocycles. The molecule has 0 aromatic rings. The smallest absolute Gasteiger partial charge is 0.220 e. The van der Waals surface area contributed by atoms with E-state index in [2.05, 4.69) is 26.1 Å². The van der Waals surface area contributed by atoms with Crippen LogP contribution in [0.4, 0.5) is 0 Å². The molecule has 0 bridgehead atoms. The first-order valence-electron chi connectivity index (χ1n) is 12.9. The molecule has 31 heavy (non-hydrogen) atoms. The van der Waals surface area contributed by atoms with Crippen molar-refractivity contribution in [3.05, 3.63) is 0 Å². The van der Waals surface area contributed by atoms with E-state index in [0.29, 0.717) is 24.7 Å². The Kier molecular flexibility index (Phi) is 13.9. The van der Waals surface area contributed by atoms with Crippen LogP contribution in [0, 0.1) is 11.8 Å². The summed E-state index contributed by atoms with van der Waals surface area (Å²) in [5.74, 6) is 1.22. The molecule has 0 radical (unpaired) electrons. The lowest BCUT2D eigenvalue weighted by Crippen LogP contribution is -2.46. The Morgan fingerprint density at radius 3 is 2.48 bits per heavy atom. The second-order valence-electron chi connectivity index (χ2n) is 10.4. The summed E-state index contributed by atoms with van der Waals surface area (Å²) in [5.41, 5.74) is 17.8. The van der Waals surface area contributed by atoms with Gasteiger partial charge in [0, 0.05) is 24.0 Å². The Morgan fingerprint density at radius 2 is 1.87 bits per heavy atom. The molecule has 0 aromatic heterocycles. The first-order valence-corrected chi connectivity index (χ1v) is 12.9. The standard InChI is InChI=1S/C25H52N4O2/c1-4-7-19(15-17-26)14-16-25(3,5-2)29-24(31)13-12-22(30)9-6-8-20-10-11-21(27)18-23(20)28/h19-23,30H,4-18,26-28H2,1-3H3,(H,29,31)/t19?,20?,21?,22?,23?,25-/m0/s1. The highest BCUT2D eigenvalue weighted by Gasteiger charge is 2.27. The second kappa shape index (κ2) is 15.2. The summed E-state index contributed by atoms with van der Waals surface area (Å²) in [6.45, 7) is 7.23. The maximum atomic E-state index is 12.5. The van der Waals surface area contributed by atoms with Crippen LogP contribution < -0.4 is 22.5 Å². The van der Waals surface area contributed by atoms with Gasteiger partial charge in [-0.25, -0.2) is 0 Å². The molecule has 184 valence electrons. The number of hydrogen-bond acceptors (Lipinski definition) is 5. The van der Waals surface area contributed by atoms with Crippen molar-refractivity contribution in [2.24, 2.45) is 29.0 Å². The van der Waals surface area contributed by atoms with Crippen LogP contribution in [-0.4, -0.2) is 41.3 Å². The van der Waals surface area contributed by atoms with Crippen molar-refractivity contribution in [3.63, 3.8) is 0 Å². The lowest BCUT2D eigenvalue weighted by Gasteiger charge is -2.32. The fourth-order valence-corrected chi connectivity index (χ4v) is 5.04. The molecule has 1 saturated carbocycles. The Balaban J connectivity index is 2.29. The Morgan fingerprint density at radius 1 is 1.13 bits per heavy atom. The van der Waals surface area contributed by atoms with Crippen LogP contribution >= 0.6 is 0 Å². The lowest BCUT2D eigenvalue weighted by atomic mass is 9.79. The van der Waals surface area contributed by atoms with Gasteiger partial charge >= 0.3 is 0 Å². The molecule has 6 atom stereocenters. The van der Waals surface area contributed by atoms with Gasteiger partial charge in [0.05, 0.1) is 6.10 Å². The fraction of sp³-hybridized carbons (Fsp3) is 0.960. The summed E-state index contributed by atoms with van der Waals surface area (Å²) in [4.78, 5) is 12.5. The summed E-state index contributed by atoms with van der Waals surface area (Å²) in [7, 11) is 0. The summed E-state index contributed by atoms with van der Waals surface area (Å²) >= 11 is 0. The molecule has 0 spiro atoms. The van der Waals surface area contributed by atoms with Crippen molar-refractivity contribution < 1.29 is 9.90 Å². The van der Waals surface area contributed by atoms with E-state index in [1.54, 1.807) is 0 Å². The minimum atomic E-state index is -0.417. The second-order valence-corrected chi connectivity index (χ2v) is 10.4. The van der Waals surface area contributed by atoms with Gasteiger partial charge in [0.2, 0.25) is 5.91 Å². The zero-order valence-corrected chi connectivity index (χ0v) is 20.6. The number of aliphatic hydroxyl groups excluding tert-OH is 1. The van der Waals surface area contributed by atoms with Gasteiger partial charge in [0.15, 0.2) is 0 Å². The highest BCUT2D eigenvalue weighted by molar-refractivity contribution is 5.76. The van der Waals surface area contributed by atoms with Gasteiger partial charge in [-0.15, -0.1) is 0 Å². The Bertz CT molecular complexity index is 484. The van der Waals surface area contributed by atoms with E-state index in [1.807, 2.05) is 0 Å². The molecule has 1 aliphatic rings. The topological polar surface area (TPSA) is 127 Å². The molecule has 1 aliphatic carbocycles. The van der Waals surface area contributed by atoms with E-state index in [9.17, 15) is 9.90 Å². The van der Waals surface area contributed by atoms with Crippen LogP contribution in [0.25, 0.3) is 0 Å². The zero-order chi connectivity index (χ0) is 23.3. The molecule has 8 N–H and O–H groups in total. The van der Waals surface area contributed by atoms with E-state index in [4.69, 9.17) is 17.2 Å². The number of nitrogens with two attached hydrogens (primary N) is 3. The van der Waals surface area contributed by atoms with Crippen molar-refractivity contribution >= 4 is 5.91 Å². The van der Waals surface area contributed by atoms with Crippen LogP contribution in [-0.2, 0) is 4.79 Å². The number of hydrogen-bond donors (Lipinski definition) is 5. The SMILES string of the molecule is CCCC(CCN)CC[C@](C)(CC)NC(=O)CCC(O)CCCC1CCC(N)CC1N. The predicted octanol–water partition coefficient (Wildman–Crippen LogP) is 3.58. The van der Waals surface area contributed by atoms with Crippen molar-refractivity contribution in [2.75, 3.05) is 6.54 Å². The quantitative estimate of drug-likeness (QED) is 0.251. The highest BCUT2D eigenvalue weighted by Crippen LogP contribution is 2.27. The van der Waals surface area contributed by atoms with Crippen LogP contribution in [0.3, 0.4) is 0 Å². The predicted molar refractivity (Wildman–Crippen MR) is 131 cm³/mol. The van der Waals surface area contributed by atoms with Gasteiger partial charge in [0.25, 0.3) is 0 Å². The third kappa shape index (κ3) is 11.7. The third-order valence-electron chi connectivity index (χ3n) is 7.50. The van der Waals surface area contributed by atoms with E-state index >= 15 is 0 Å². The van der Waals surface area contributed by atoms with Crippen LogP contribution in [0.2, 0.25) is 0 Å². The molecule has 5 unspecified atom stereocenters. The fourth-order valence-electron chi connectivity index (χ4n) is 5.04. The Labute approximate surface area is 191 Å². The minimum Gasteiger partial charge on any atom is -0.393 e. The summed E-state index contributed by atoms with van der Waals surface area (Å²) in [5, 5.41) is 13.6. The van der Waals surface area contributed by atoms with Crippen molar-refractivity contribution in [2.45, 2.75) is 134 Å².